The van der Waals surface area contributed by atoms with Gasteiger partial charge in [0.2, 0.25) is 0 Å². The number of hydrogen-bond donors (Lipinski definition) is 1. The molecule has 2 amide bonds. The molecule has 0 radical (unpaired) electrons. The highest BCUT2D eigenvalue weighted by Crippen LogP contribution is 2.17. The van der Waals surface area contributed by atoms with Gasteiger partial charge in [-0.25, -0.2) is 17.6 Å². The van der Waals surface area contributed by atoms with E-state index in [1.54, 1.807) is 17.0 Å². The van der Waals surface area contributed by atoms with Gasteiger partial charge in [-0.2, -0.15) is 0 Å². The highest BCUT2D eigenvalue weighted by Gasteiger charge is 2.31. The van der Waals surface area contributed by atoms with E-state index in [0.29, 0.717) is 25.1 Å². The lowest BCUT2D eigenvalue weighted by Gasteiger charge is -2.27. The van der Waals surface area contributed by atoms with E-state index in [2.05, 4.69) is 5.32 Å². The lowest BCUT2D eigenvalue weighted by atomic mass is 10.2. The molecule has 2 aliphatic heterocycles. The molecule has 0 unspecified atom stereocenters. The monoisotopic (exact) mass is 370 g/mol. The summed E-state index contributed by atoms with van der Waals surface area (Å²) in [6.45, 7) is 1.34. The number of carbonyl (C=O) groups excluding carboxylic acids is 1. The topological polar surface area (TPSA) is 75.7 Å². The van der Waals surface area contributed by atoms with Gasteiger partial charge in [-0.3, -0.25) is 0 Å². The minimum absolute atomic E-state index is 0.0214. The lowest BCUT2D eigenvalue weighted by molar-refractivity contribution is 0.0790. The molecule has 3 rings (SSSR count). The molecular formula is C17H23FN2O4S. The van der Waals surface area contributed by atoms with E-state index in [0.717, 1.165) is 12.8 Å². The first-order chi connectivity index (χ1) is 11.9. The van der Waals surface area contributed by atoms with E-state index in [-0.39, 0.29) is 42.0 Å². The molecule has 2 aliphatic rings. The second-order valence-corrected chi connectivity index (χ2v) is 8.92. The van der Waals surface area contributed by atoms with Gasteiger partial charge in [0, 0.05) is 25.7 Å². The molecule has 138 valence electrons. The van der Waals surface area contributed by atoms with Crippen LogP contribution in [-0.4, -0.2) is 56.2 Å². The molecule has 1 aromatic carbocycles. The molecule has 25 heavy (non-hydrogen) atoms. The van der Waals surface area contributed by atoms with E-state index in [4.69, 9.17) is 4.74 Å². The van der Waals surface area contributed by atoms with Crippen LogP contribution in [0, 0.1) is 5.82 Å². The number of nitrogens with one attached hydrogen (secondary N) is 1. The zero-order valence-electron chi connectivity index (χ0n) is 14.0. The van der Waals surface area contributed by atoms with Gasteiger partial charge in [0.05, 0.1) is 17.6 Å². The van der Waals surface area contributed by atoms with E-state index in [1.165, 1.54) is 12.1 Å². The number of benzene rings is 1. The van der Waals surface area contributed by atoms with Crippen molar-refractivity contribution in [3.63, 3.8) is 0 Å². The van der Waals surface area contributed by atoms with Crippen molar-refractivity contribution < 1.29 is 22.3 Å². The summed E-state index contributed by atoms with van der Waals surface area (Å²) in [5, 5.41) is 2.80. The van der Waals surface area contributed by atoms with Gasteiger partial charge in [0.1, 0.15) is 5.82 Å². The Kier molecular flexibility index (Phi) is 5.58. The Hall–Kier alpha value is -1.67. The number of halogens is 1. The summed E-state index contributed by atoms with van der Waals surface area (Å²) < 4.78 is 42.2. The third kappa shape index (κ3) is 5.15. The Balaban J connectivity index is 1.67. The number of amides is 2. The molecule has 2 atom stereocenters. The van der Waals surface area contributed by atoms with Crippen molar-refractivity contribution in [3.8, 4) is 0 Å². The summed E-state index contributed by atoms with van der Waals surface area (Å²) >= 11 is 0. The summed E-state index contributed by atoms with van der Waals surface area (Å²) in [5.41, 5.74) is 0.687. The lowest BCUT2D eigenvalue weighted by Crippen LogP contribution is -2.47. The van der Waals surface area contributed by atoms with Crippen molar-refractivity contribution in [1.82, 2.24) is 10.2 Å². The first-order valence-corrected chi connectivity index (χ1v) is 10.4. The van der Waals surface area contributed by atoms with Gasteiger partial charge < -0.3 is 15.0 Å². The van der Waals surface area contributed by atoms with Crippen molar-refractivity contribution in [2.45, 2.75) is 38.0 Å². The molecule has 0 aliphatic carbocycles. The van der Waals surface area contributed by atoms with Gasteiger partial charge in [0.15, 0.2) is 9.84 Å². The van der Waals surface area contributed by atoms with Crippen LogP contribution in [-0.2, 0) is 21.1 Å². The second-order valence-electron chi connectivity index (χ2n) is 6.69. The molecular weight excluding hydrogens is 347 g/mol. The predicted octanol–water partition coefficient (Wildman–Crippen LogP) is 1.70. The molecule has 2 fully saturated rings. The highest BCUT2D eigenvalue weighted by atomic mass is 32.2. The first kappa shape index (κ1) is 18.1. The maximum Gasteiger partial charge on any atom is 0.318 e. The van der Waals surface area contributed by atoms with Crippen LogP contribution in [0.5, 0.6) is 0 Å². The smallest absolute Gasteiger partial charge is 0.318 e. The molecule has 2 heterocycles. The Morgan fingerprint density at radius 3 is 2.84 bits per heavy atom. The number of rotatable bonds is 5. The molecule has 1 aromatic rings. The van der Waals surface area contributed by atoms with E-state index in [9.17, 15) is 17.6 Å². The number of sulfone groups is 1. The quantitative estimate of drug-likeness (QED) is 0.856. The summed E-state index contributed by atoms with van der Waals surface area (Å²) in [5.74, 6) is -0.267. The zero-order valence-corrected chi connectivity index (χ0v) is 14.8. The molecule has 0 aromatic heterocycles. The zero-order chi connectivity index (χ0) is 17.9. The average Bonchev–Trinajstić information content (AvgIpc) is 3.16. The van der Waals surface area contributed by atoms with Crippen LogP contribution in [0.4, 0.5) is 9.18 Å². The molecule has 0 saturated carbocycles. The van der Waals surface area contributed by atoms with Gasteiger partial charge in [-0.1, -0.05) is 12.1 Å². The Bertz CT molecular complexity index is 719. The van der Waals surface area contributed by atoms with Crippen molar-refractivity contribution >= 4 is 15.9 Å². The third-order valence-electron chi connectivity index (χ3n) is 4.56. The SMILES string of the molecule is O=C(N[C@H]1CCS(=O)(=O)C1)N(Cc1cccc(F)c1)C[C@H]1CCCO1. The summed E-state index contributed by atoms with van der Waals surface area (Å²) in [4.78, 5) is 14.2. The van der Waals surface area contributed by atoms with Crippen molar-refractivity contribution in [1.29, 1.82) is 0 Å². The number of carbonyl (C=O) groups is 1. The van der Waals surface area contributed by atoms with E-state index in [1.807, 2.05) is 0 Å². The van der Waals surface area contributed by atoms with E-state index >= 15 is 0 Å². The minimum atomic E-state index is -3.06. The number of urea groups is 1. The van der Waals surface area contributed by atoms with Crippen LogP contribution < -0.4 is 5.32 Å². The second kappa shape index (κ2) is 7.70. The number of ether oxygens (including phenoxy) is 1. The maximum atomic E-state index is 13.4. The third-order valence-corrected chi connectivity index (χ3v) is 6.33. The fraction of sp³-hybridized carbons (Fsp3) is 0.588. The van der Waals surface area contributed by atoms with Gasteiger partial charge in [0.25, 0.3) is 0 Å². The largest absolute Gasteiger partial charge is 0.376 e. The number of hydrogen-bond acceptors (Lipinski definition) is 4. The van der Waals surface area contributed by atoms with Crippen LogP contribution in [0.15, 0.2) is 24.3 Å². The molecule has 0 spiro atoms. The Labute approximate surface area is 147 Å². The fourth-order valence-corrected chi connectivity index (χ4v) is 4.96. The summed E-state index contributed by atoms with van der Waals surface area (Å²) in [7, 11) is -3.06. The average molecular weight is 370 g/mol. The van der Waals surface area contributed by atoms with Crippen molar-refractivity contribution in [2.75, 3.05) is 24.7 Å². The first-order valence-electron chi connectivity index (χ1n) is 8.53. The summed E-state index contributed by atoms with van der Waals surface area (Å²) in [6.07, 6.45) is 2.24. The van der Waals surface area contributed by atoms with Crippen LogP contribution in [0.1, 0.15) is 24.8 Å². The molecule has 8 heteroatoms. The molecule has 6 nitrogen and oxygen atoms in total. The normalized spacial score (nSPS) is 25.0. The van der Waals surface area contributed by atoms with Gasteiger partial charge >= 0.3 is 6.03 Å². The van der Waals surface area contributed by atoms with Gasteiger partial charge in [-0.05, 0) is 37.0 Å². The Morgan fingerprint density at radius 1 is 1.36 bits per heavy atom. The number of nitrogens with zero attached hydrogens (tertiary/aromatic N) is 1. The molecule has 2 saturated heterocycles. The molecule has 1 N–H and O–H groups in total. The minimum Gasteiger partial charge on any atom is -0.376 e. The van der Waals surface area contributed by atoms with Crippen LogP contribution in [0.3, 0.4) is 0 Å². The summed E-state index contributed by atoms with van der Waals surface area (Å²) in [6, 6.07) is 5.43. The van der Waals surface area contributed by atoms with Gasteiger partial charge in [-0.15, -0.1) is 0 Å². The van der Waals surface area contributed by atoms with Crippen molar-refractivity contribution in [2.24, 2.45) is 0 Å². The fourth-order valence-electron chi connectivity index (χ4n) is 3.28. The van der Waals surface area contributed by atoms with Crippen LogP contribution in [0.2, 0.25) is 0 Å². The van der Waals surface area contributed by atoms with Crippen LogP contribution in [0.25, 0.3) is 0 Å². The molecule has 0 bridgehead atoms. The predicted molar refractivity (Wildman–Crippen MR) is 91.4 cm³/mol. The maximum absolute atomic E-state index is 13.4. The van der Waals surface area contributed by atoms with E-state index < -0.39 is 9.84 Å². The van der Waals surface area contributed by atoms with Crippen molar-refractivity contribution in [3.05, 3.63) is 35.6 Å². The highest BCUT2D eigenvalue weighted by molar-refractivity contribution is 7.91. The standard InChI is InChI=1S/C17H23FN2O4S/c18-14-4-1-3-13(9-14)10-20(11-16-5-2-7-24-16)17(21)19-15-6-8-25(22,23)12-15/h1,3-4,9,15-16H,2,5-8,10-12H2,(H,19,21)/t15-,16+/m0/s1. The van der Waals surface area contributed by atoms with Crippen LogP contribution >= 0.6 is 0 Å². The Morgan fingerprint density at radius 2 is 2.20 bits per heavy atom.